The fourth-order valence-corrected chi connectivity index (χ4v) is 5.30. The highest BCUT2D eigenvalue weighted by atomic mass is 16.6. The molecule has 0 saturated heterocycles. The third kappa shape index (κ3) is 8.12. The Labute approximate surface area is 253 Å². The molecule has 3 aromatic carbocycles. The van der Waals surface area contributed by atoms with Crippen LogP contribution in [0.2, 0.25) is 0 Å². The standard InChI is InChI=1S/C34H42N4O5/c1-20-11-12-21(2)26(17-20)30(31(40)36-25-14-13-23-9-7-8-10-24(23)19-25)38(28-18-22(28)3)32(41)27(15-16-29(35)39)37-33(42)43-34(4,5)6/h7-14,17,19,22,27-28,30H,15-16,18H2,1-6H3,(H2,35,39)(H,36,40)(H,37,42). The summed E-state index contributed by atoms with van der Waals surface area (Å²) in [6.45, 7) is 11.0. The zero-order valence-electron chi connectivity index (χ0n) is 25.8. The Hall–Kier alpha value is -4.40. The summed E-state index contributed by atoms with van der Waals surface area (Å²) in [7, 11) is 0. The minimum absolute atomic E-state index is 0.0309. The zero-order chi connectivity index (χ0) is 31.5. The number of fused-ring (bicyclic) bond motifs is 1. The van der Waals surface area contributed by atoms with Crippen LogP contribution < -0.4 is 16.4 Å². The van der Waals surface area contributed by atoms with Crippen LogP contribution in [0.15, 0.2) is 60.7 Å². The van der Waals surface area contributed by atoms with Gasteiger partial charge in [-0.2, -0.15) is 0 Å². The summed E-state index contributed by atoms with van der Waals surface area (Å²) in [5, 5.41) is 7.72. The first-order valence-corrected chi connectivity index (χ1v) is 14.7. The molecule has 3 aromatic rings. The predicted molar refractivity (Wildman–Crippen MR) is 167 cm³/mol. The number of ether oxygens (including phenoxy) is 1. The molecule has 0 spiro atoms. The van der Waals surface area contributed by atoms with E-state index >= 15 is 0 Å². The van der Waals surface area contributed by atoms with Gasteiger partial charge in [0.15, 0.2) is 0 Å². The molecule has 9 heteroatoms. The van der Waals surface area contributed by atoms with Crippen LogP contribution in [-0.4, -0.2) is 46.4 Å². The van der Waals surface area contributed by atoms with Crippen LogP contribution in [0.1, 0.15) is 69.7 Å². The van der Waals surface area contributed by atoms with E-state index in [1.165, 1.54) is 0 Å². The van der Waals surface area contributed by atoms with Gasteiger partial charge in [0, 0.05) is 18.2 Å². The lowest BCUT2D eigenvalue weighted by molar-refractivity contribution is -0.142. The molecule has 4 N–H and O–H groups in total. The molecule has 4 atom stereocenters. The summed E-state index contributed by atoms with van der Waals surface area (Å²) in [6, 6.07) is 17.0. The summed E-state index contributed by atoms with van der Waals surface area (Å²) >= 11 is 0. The smallest absolute Gasteiger partial charge is 0.408 e. The topological polar surface area (TPSA) is 131 Å². The van der Waals surface area contributed by atoms with Gasteiger partial charge in [-0.05, 0) is 87.4 Å². The van der Waals surface area contributed by atoms with Gasteiger partial charge in [-0.15, -0.1) is 0 Å². The van der Waals surface area contributed by atoms with Gasteiger partial charge in [0.1, 0.15) is 17.7 Å². The summed E-state index contributed by atoms with van der Waals surface area (Å²) in [5.74, 6) is -1.30. The van der Waals surface area contributed by atoms with Crippen molar-refractivity contribution in [1.29, 1.82) is 0 Å². The average Bonchev–Trinajstić information content (AvgIpc) is 3.65. The molecular weight excluding hydrogens is 544 g/mol. The van der Waals surface area contributed by atoms with Gasteiger partial charge in [0.25, 0.3) is 5.91 Å². The molecule has 4 unspecified atom stereocenters. The van der Waals surface area contributed by atoms with Gasteiger partial charge in [0.05, 0.1) is 0 Å². The molecule has 0 heterocycles. The van der Waals surface area contributed by atoms with E-state index in [0.29, 0.717) is 17.7 Å². The normalized spacial score (nSPS) is 17.4. The molecule has 1 fully saturated rings. The van der Waals surface area contributed by atoms with E-state index in [9.17, 15) is 19.2 Å². The van der Waals surface area contributed by atoms with Crippen molar-refractivity contribution < 1.29 is 23.9 Å². The second-order valence-corrected chi connectivity index (χ2v) is 12.5. The Kier molecular flexibility index (Phi) is 9.43. The van der Waals surface area contributed by atoms with E-state index in [-0.39, 0.29) is 30.7 Å². The quantitative estimate of drug-likeness (QED) is 0.287. The Bertz CT molecular complexity index is 1530. The van der Waals surface area contributed by atoms with Crippen molar-refractivity contribution >= 4 is 40.3 Å². The van der Waals surface area contributed by atoms with E-state index < -0.39 is 35.6 Å². The fraction of sp³-hybridized carbons (Fsp3) is 0.412. The van der Waals surface area contributed by atoms with Gasteiger partial charge in [-0.25, -0.2) is 4.79 Å². The van der Waals surface area contributed by atoms with Crippen LogP contribution in [0.4, 0.5) is 10.5 Å². The number of rotatable bonds is 10. The zero-order valence-corrected chi connectivity index (χ0v) is 25.8. The Morgan fingerprint density at radius 3 is 2.30 bits per heavy atom. The highest BCUT2D eigenvalue weighted by molar-refractivity contribution is 6.01. The second-order valence-electron chi connectivity index (χ2n) is 12.5. The Morgan fingerprint density at radius 2 is 1.67 bits per heavy atom. The molecule has 0 aliphatic heterocycles. The molecule has 43 heavy (non-hydrogen) atoms. The number of hydrogen-bond donors (Lipinski definition) is 3. The number of nitrogens with one attached hydrogen (secondary N) is 2. The number of primary amides is 1. The van der Waals surface area contributed by atoms with E-state index in [4.69, 9.17) is 10.5 Å². The van der Waals surface area contributed by atoms with Crippen molar-refractivity contribution in [3.63, 3.8) is 0 Å². The van der Waals surface area contributed by atoms with E-state index in [2.05, 4.69) is 10.6 Å². The van der Waals surface area contributed by atoms with Crippen molar-refractivity contribution in [1.82, 2.24) is 10.2 Å². The minimum atomic E-state index is -1.13. The van der Waals surface area contributed by atoms with Gasteiger partial charge in [-0.1, -0.05) is 61.0 Å². The first-order valence-electron chi connectivity index (χ1n) is 14.7. The second kappa shape index (κ2) is 12.9. The van der Waals surface area contributed by atoms with Crippen LogP contribution in [0.5, 0.6) is 0 Å². The number of nitrogens with two attached hydrogens (primary N) is 1. The lowest BCUT2D eigenvalue weighted by Gasteiger charge is -2.35. The number of carbonyl (C=O) groups excluding carboxylic acids is 4. The largest absolute Gasteiger partial charge is 0.444 e. The fourth-order valence-electron chi connectivity index (χ4n) is 5.30. The number of benzene rings is 3. The van der Waals surface area contributed by atoms with Gasteiger partial charge < -0.3 is 26.0 Å². The number of alkyl carbamates (subject to hydrolysis) is 1. The number of carbonyl (C=O) groups is 4. The molecule has 1 aliphatic rings. The third-order valence-corrected chi connectivity index (χ3v) is 7.62. The SMILES string of the molecule is Cc1ccc(C)c(C(C(=O)Nc2ccc3ccccc3c2)N(C(=O)C(CCC(N)=O)NC(=O)OC(C)(C)C)C2CC2C)c1. The molecule has 1 aliphatic carbocycles. The summed E-state index contributed by atoms with van der Waals surface area (Å²) < 4.78 is 5.43. The molecule has 0 bridgehead atoms. The molecular formula is C34H42N4O5. The van der Waals surface area contributed by atoms with Gasteiger partial charge in [0.2, 0.25) is 11.8 Å². The molecule has 1 saturated carbocycles. The van der Waals surface area contributed by atoms with Crippen molar-refractivity contribution in [3.05, 3.63) is 77.4 Å². The summed E-state index contributed by atoms with van der Waals surface area (Å²) in [5.41, 5.74) is 7.72. The lowest BCUT2D eigenvalue weighted by Crippen LogP contribution is -2.53. The highest BCUT2D eigenvalue weighted by Crippen LogP contribution is 2.42. The Morgan fingerprint density at radius 1 is 1.00 bits per heavy atom. The van der Waals surface area contributed by atoms with E-state index in [1.807, 2.05) is 81.4 Å². The highest BCUT2D eigenvalue weighted by Gasteiger charge is 2.48. The van der Waals surface area contributed by atoms with Crippen LogP contribution in [-0.2, 0) is 19.1 Å². The van der Waals surface area contributed by atoms with E-state index in [1.54, 1.807) is 25.7 Å². The first kappa shape index (κ1) is 31.5. The number of hydrogen-bond acceptors (Lipinski definition) is 5. The molecule has 4 amide bonds. The van der Waals surface area contributed by atoms with Crippen LogP contribution in [0.25, 0.3) is 10.8 Å². The van der Waals surface area contributed by atoms with Crippen LogP contribution in [0, 0.1) is 19.8 Å². The predicted octanol–water partition coefficient (Wildman–Crippen LogP) is 5.53. The van der Waals surface area contributed by atoms with Crippen molar-refractivity contribution in [2.24, 2.45) is 11.7 Å². The third-order valence-electron chi connectivity index (χ3n) is 7.62. The van der Waals surface area contributed by atoms with Gasteiger partial charge in [-0.3, -0.25) is 14.4 Å². The Balaban J connectivity index is 1.75. The maximum Gasteiger partial charge on any atom is 0.408 e. The lowest BCUT2D eigenvalue weighted by atomic mass is 9.95. The molecule has 0 aromatic heterocycles. The summed E-state index contributed by atoms with van der Waals surface area (Å²) in [4.78, 5) is 54.9. The molecule has 9 nitrogen and oxygen atoms in total. The number of aryl methyl sites for hydroxylation is 2. The molecule has 4 rings (SSSR count). The summed E-state index contributed by atoms with van der Waals surface area (Å²) in [6.07, 6.45) is -0.247. The minimum Gasteiger partial charge on any atom is -0.444 e. The van der Waals surface area contributed by atoms with E-state index in [0.717, 1.165) is 21.9 Å². The van der Waals surface area contributed by atoms with Crippen molar-refractivity contribution in [3.8, 4) is 0 Å². The molecule has 0 radical (unpaired) electrons. The monoisotopic (exact) mass is 586 g/mol. The number of amides is 4. The van der Waals surface area contributed by atoms with Crippen LogP contribution in [0.3, 0.4) is 0 Å². The number of anilines is 1. The molecule has 228 valence electrons. The average molecular weight is 587 g/mol. The maximum atomic E-state index is 14.5. The van der Waals surface area contributed by atoms with Gasteiger partial charge >= 0.3 is 6.09 Å². The van der Waals surface area contributed by atoms with Crippen LogP contribution >= 0.6 is 0 Å². The van der Waals surface area contributed by atoms with Crippen molar-refractivity contribution in [2.45, 2.75) is 84.5 Å². The first-order chi connectivity index (χ1) is 20.2. The number of nitrogens with zero attached hydrogens (tertiary/aromatic N) is 1. The van der Waals surface area contributed by atoms with Crippen molar-refractivity contribution in [2.75, 3.05) is 5.32 Å². The maximum absolute atomic E-state index is 14.5.